The maximum absolute atomic E-state index is 13.3. The van der Waals surface area contributed by atoms with E-state index in [1.807, 2.05) is 36.6 Å². The molecule has 2 nitrogen and oxygen atoms in total. The monoisotopic (exact) mass is 392 g/mol. The number of carboxylic acids is 1. The Kier molecular flexibility index (Phi) is 4.34. The Morgan fingerprint density at radius 1 is 1.26 bits per heavy atom. The van der Waals surface area contributed by atoms with E-state index in [9.17, 15) is 14.3 Å². The third-order valence-corrected chi connectivity index (χ3v) is 5.95. The number of rotatable bonds is 3. The number of carbonyl (C=O) groups is 1. The number of allylic oxidation sites excluding steroid dienone is 1. The lowest BCUT2D eigenvalue weighted by Gasteiger charge is -2.32. The molecule has 1 aliphatic heterocycles. The summed E-state index contributed by atoms with van der Waals surface area (Å²) in [6, 6.07) is 11.6. The van der Waals surface area contributed by atoms with Crippen molar-refractivity contribution < 1.29 is 14.3 Å². The van der Waals surface area contributed by atoms with Gasteiger partial charge in [0.2, 0.25) is 0 Å². The van der Waals surface area contributed by atoms with Crippen molar-refractivity contribution in [3.8, 4) is 0 Å². The lowest BCUT2D eigenvalue weighted by molar-refractivity contribution is -0.140. The molecular weight excluding hydrogens is 379 g/mol. The van der Waals surface area contributed by atoms with Crippen molar-refractivity contribution in [2.45, 2.75) is 17.6 Å². The van der Waals surface area contributed by atoms with Gasteiger partial charge in [-0.1, -0.05) is 40.2 Å². The van der Waals surface area contributed by atoms with Crippen LogP contribution < -0.4 is 0 Å². The van der Waals surface area contributed by atoms with Gasteiger partial charge in [-0.25, -0.2) is 4.39 Å². The summed E-state index contributed by atoms with van der Waals surface area (Å²) < 4.78 is 13.0. The van der Waals surface area contributed by atoms with E-state index in [-0.39, 0.29) is 11.7 Å². The Morgan fingerprint density at radius 2 is 1.96 bits per heavy atom. The number of hydrogen-bond donors (Lipinski definition) is 1. The van der Waals surface area contributed by atoms with Crippen molar-refractivity contribution in [2.24, 2.45) is 0 Å². The summed E-state index contributed by atoms with van der Waals surface area (Å²) in [4.78, 5) is 12.2. The fraction of sp³-hybridized carbons (Fsp3) is 0.167. The molecule has 0 saturated heterocycles. The molecule has 0 fully saturated rings. The molecule has 3 rings (SSSR count). The molecule has 1 aliphatic rings. The Labute approximate surface area is 146 Å². The van der Waals surface area contributed by atoms with Gasteiger partial charge in [-0.15, -0.1) is 11.8 Å². The first kappa shape index (κ1) is 16.3. The Bertz CT molecular complexity index is 788. The Balaban J connectivity index is 2.18. The fourth-order valence-corrected chi connectivity index (χ4v) is 4.51. The highest BCUT2D eigenvalue weighted by Crippen LogP contribution is 2.54. The van der Waals surface area contributed by atoms with Gasteiger partial charge >= 0.3 is 5.97 Å². The predicted octanol–water partition coefficient (Wildman–Crippen LogP) is 5.22. The van der Waals surface area contributed by atoms with Gasteiger partial charge in [0.25, 0.3) is 0 Å². The number of aliphatic carboxylic acids is 1. The van der Waals surface area contributed by atoms with E-state index < -0.39 is 10.7 Å². The predicted molar refractivity (Wildman–Crippen MR) is 94.1 cm³/mol. The van der Waals surface area contributed by atoms with E-state index in [2.05, 4.69) is 15.9 Å². The summed E-state index contributed by atoms with van der Waals surface area (Å²) >= 11 is 4.71. The standard InChI is InChI=1S/C18H14BrFO2S/c1-11-2-5-13(19)10-15(11)16-8-9-23-18(16,17(21)22)12-3-6-14(20)7-4-12/h2-10,16H,1H3,(H,21,22). The summed E-state index contributed by atoms with van der Waals surface area (Å²) in [6.07, 6.45) is 1.91. The molecular formula is C18H14BrFO2S. The molecule has 1 N–H and O–H groups in total. The minimum atomic E-state index is -1.18. The normalized spacial score (nSPS) is 23.2. The zero-order valence-corrected chi connectivity index (χ0v) is 14.7. The molecule has 0 saturated carbocycles. The van der Waals surface area contributed by atoms with Gasteiger partial charge in [0.1, 0.15) is 5.82 Å². The molecule has 5 heteroatoms. The van der Waals surface area contributed by atoms with Crippen LogP contribution in [0, 0.1) is 12.7 Å². The van der Waals surface area contributed by atoms with E-state index in [1.165, 1.54) is 23.9 Å². The van der Waals surface area contributed by atoms with Gasteiger partial charge in [-0.05, 0) is 53.3 Å². The Morgan fingerprint density at radius 3 is 2.61 bits per heavy atom. The van der Waals surface area contributed by atoms with Crippen LogP contribution in [0.15, 0.2) is 58.4 Å². The van der Waals surface area contributed by atoms with Gasteiger partial charge in [-0.3, -0.25) is 4.79 Å². The first-order valence-corrected chi connectivity index (χ1v) is 8.72. The molecule has 0 aromatic heterocycles. The van der Waals surface area contributed by atoms with Crippen LogP contribution >= 0.6 is 27.7 Å². The molecule has 2 atom stereocenters. The van der Waals surface area contributed by atoms with Crippen molar-refractivity contribution in [3.63, 3.8) is 0 Å². The van der Waals surface area contributed by atoms with Crippen molar-refractivity contribution >= 4 is 33.7 Å². The number of benzene rings is 2. The van der Waals surface area contributed by atoms with Crippen LogP contribution in [-0.4, -0.2) is 11.1 Å². The van der Waals surface area contributed by atoms with Gasteiger partial charge < -0.3 is 5.11 Å². The molecule has 2 aromatic carbocycles. The average Bonchev–Trinajstić information content (AvgIpc) is 2.96. The van der Waals surface area contributed by atoms with E-state index >= 15 is 0 Å². The largest absolute Gasteiger partial charge is 0.480 e. The molecule has 2 aromatic rings. The second-order valence-electron chi connectivity index (χ2n) is 5.47. The number of hydrogen-bond acceptors (Lipinski definition) is 2. The molecule has 0 radical (unpaired) electrons. The fourth-order valence-electron chi connectivity index (χ4n) is 2.96. The van der Waals surface area contributed by atoms with Crippen LogP contribution in [0.5, 0.6) is 0 Å². The van der Waals surface area contributed by atoms with Crippen molar-refractivity contribution in [3.05, 3.63) is 80.9 Å². The number of thioether (sulfide) groups is 1. The molecule has 0 bridgehead atoms. The van der Waals surface area contributed by atoms with Gasteiger partial charge in [0.15, 0.2) is 4.75 Å². The van der Waals surface area contributed by atoms with E-state index in [1.54, 1.807) is 12.1 Å². The summed E-state index contributed by atoms with van der Waals surface area (Å²) in [6.45, 7) is 1.97. The SMILES string of the molecule is Cc1ccc(Br)cc1C1C=CSC1(C(=O)O)c1ccc(F)cc1. The summed E-state index contributed by atoms with van der Waals surface area (Å²) in [7, 11) is 0. The molecule has 0 spiro atoms. The van der Waals surface area contributed by atoms with Crippen molar-refractivity contribution in [2.75, 3.05) is 0 Å². The highest BCUT2D eigenvalue weighted by Gasteiger charge is 2.50. The molecule has 23 heavy (non-hydrogen) atoms. The lowest BCUT2D eigenvalue weighted by atomic mass is 9.79. The second kappa shape index (κ2) is 6.13. The minimum absolute atomic E-state index is 0.326. The number of halogens is 2. The van der Waals surface area contributed by atoms with E-state index in [4.69, 9.17) is 0 Å². The number of aryl methyl sites for hydroxylation is 1. The van der Waals surface area contributed by atoms with Crippen molar-refractivity contribution in [1.82, 2.24) is 0 Å². The summed E-state index contributed by atoms with van der Waals surface area (Å²) in [5.41, 5.74) is 2.57. The Hall–Kier alpha value is -1.59. The third kappa shape index (κ3) is 2.72. The van der Waals surface area contributed by atoms with Crippen LogP contribution in [0.25, 0.3) is 0 Å². The number of carboxylic acid groups (broad SMARTS) is 1. The third-order valence-electron chi connectivity index (χ3n) is 4.13. The molecule has 0 aliphatic carbocycles. The first-order valence-electron chi connectivity index (χ1n) is 7.05. The van der Waals surface area contributed by atoms with Crippen LogP contribution in [0.2, 0.25) is 0 Å². The molecule has 0 amide bonds. The highest BCUT2D eigenvalue weighted by molar-refractivity contribution is 9.10. The zero-order valence-electron chi connectivity index (χ0n) is 12.3. The first-order chi connectivity index (χ1) is 10.9. The topological polar surface area (TPSA) is 37.3 Å². The van der Waals surface area contributed by atoms with Crippen molar-refractivity contribution in [1.29, 1.82) is 0 Å². The maximum Gasteiger partial charge on any atom is 0.325 e. The second-order valence-corrected chi connectivity index (χ2v) is 7.54. The quantitative estimate of drug-likeness (QED) is 0.777. The van der Waals surface area contributed by atoms with Gasteiger partial charge in [-0.2, -0.15) is 0 Å². The highest BCUT2D eigenvalue weighted by atomic mass is 79.9. The smallest absolute Gasteiger partial charge is 0.325 e. The van der Waals surface area contributed by atoms with Gasteiger partial charge in [0, 0.05) is 10.4 Å². The summed E-state index contributed by atoms with van der Waals surface area (Å²) in [5.74, 6) is -1.63. The zero-order chi connectivity index (χ0) is 16.6. The molecule has 118 valence electrons. The van der Waals surface area contributed by atoms with Crippen LogP contribution in [0.1, 0.15) is 22.6 Å². The van der Waals surface area contributed by atoms with Crippen LogP contribution in [0.4, 0.5) is 4.39 Å². The minimum Gasteiger partial charge on any atom is -0.480 e. The molecule has 2 unspecified atom stereocenters. The maximum atomic E-state index is 13.3. The van der Waals surface area contributed by atoms with E-state index in [0.717, 1.165) is 15.6 Å². The summed E-state index contributed by atoms with van der Waals surface area (Å²) in [5, 5.41) is 11.8. The van der Waals surface area contributed by atoms with E-state index in [0.29, 0.717) is 5.56 Å². The average molecular weight is 393 g/mol. The van der Waals surface area contributed by atoms with Gasteiger partial charge in [0.05, 0.1) is 0 Å². The lowest BCUT2D eigenvalue weighted by Crippen LogP contribution is -2.36. The van der Waals surface area contributed by atoms with Crippen LogP contribution in [-0.2, 0) is 9.54 Å². The van der Waals surface area contributed by atoms with Crippen LogP contribution in [0.3, 0.4) is 0 Å². The molecule has 1 heterocycles.